The molecule has 0 amide bonds. The highest BCUT2D eigenvalue weighted by atomic mass is 79.9. The summed E-state index contributed by atoms with van der Waals surface area (Å²) in [5, 5.41) is 1.16. The summed E-state index contributed by atoms with van der Waals surface area (Å²) in [6.45, 7) is 0. The van der Waals surface area contributed by atoms with Gasteiger partial charge in [0.2, 0.25) is 0 Å². The second-order valence-corrected chi connectivity index (χ2v) is 6.44. The van der Waals surface area contributed by atoms with E-state index in [4.69, 9.17) is 11.6 Å². The number of benzene rings is 1. The smallest absolute Gasteiger partial charge is 0.195 e. The Balaban J connectivity index is 2.18. The van der Waals surface area contributed by atoms with Crippen LogP contribution in [0, 0.1) is 0 Å². The summed E-state index contributed by atoms with van der Waals surface area (Å²) in [5.74, 6) is -0.104. The number of halogens is 3. The highest BCUT2D eigenvalue weighted by molar-refractivity contribution is 9.11. The molecule has 6 heteroatoms. The lowest BCUT2D eigenvalue weighted by atomic mass is 10.0. The Hall–Kier alpha value is -1.17. The van der Waals surface area contributed by atoms with Crippen molar-refractivity contribution in [1.82, 2.24) is 9.97 Å². The summed E-state index contributed by atoms with van der Waals surface area (Å²) < 4.78 is 1.67. The molecule has 0 atom stereocenters. The molecule has 2 aromatic heterocycles. The van der Waals surface area contributed by atoms with E-state index in [2.05, 4.69) is 41.8 Å². The van der Waals surface area contributed by atoms with E-state index in [0.717, 1.165) is 8.95 Å². The number of hydrogen-bond acceptors (Lipinski definition) is 2. The Labute approximate surface area is 136 Å². The Morgan fingerprint density at radius 1 is 1.20 bits per heavy atom. The van der Waals surface area contributed by atoms with Crippen LogP contribution in [0.15, 0.2) is 45.6 Å². The first kappa shape index (κ1) is 13.8. The predicted octanol–water partition coefficient (Wildman–Crippen LogP) is 4.97. The summed E-state index contributed by atoms with van der Waals surface area (Å²) >= 11 is 12.9. The minimum Gasteiger partial charge on any atom is -0.345 e. The first-order valence-electron chi connectivity index (χ1n) is 5.68. The van der Waals surface area contributed by atoms with Crippen molar-refractivity contribution in [3.8, 4) is 0 Å². The summed E-state index contributed by atoms with van der Waals surface area (Å²) in [6, 6.07) is 7.10. The Kier molecular flexibility index (Phi) is 3.67. The van der Waals surface area contributed by atoms with Crippen LogP contribution in [0.1, 0.15) is 15.9 Å². The summed E-state index contributed by atoms with van der Waals surface area (Å²) in [4.78, 5) is 19.8. The maximum Gasteiger partial charge on any atom is 0.195 e. The highest BCUT2D eigenvalue weighted by Gasteiger charge is 2.17. The Morgan fingerprint density at radius 3 is 2.60 bits per heavy atom. The lowest BCUT2D eigenvalue weighted by Gasteiger charge is -2.03. The maximum atomic E-state index is 12.6. The van der Waals surface area contributed by atoms with E-state index in [1.165, 1.54) is 0 Å². The second kappa shape index (κ2) is 5.31. The molecular weight excluding hydrogens is 407 g/mol. The van der Waals surface area contributed by atoms with Crippen LogP contribution in [-0.4, -0.2) is 15.8 Å². The van der Waals surface area contributed by atoms with Gasteiger partial charge in [0.25, 0.3) is 0 Å². The summed E-state index contributed by atoms with van der Waals surface area (Å²) in [5.41, 5.74) is 1.70. The second-order valence-electron chi connectivity index (χ2n) is 4.21. The molecule has 0 unspecified atom stereocenters. The molecule has 1 aromatic carbocycles. The lowest BCUT2D eigenvalue weighted by molar-refractivity contribution is 0.104. The third-order valence-corrected chi connectivity index (χ3v) is 4.12. The fourth-order valence-electron chi connectivity index (χ4n) is 2.04. The zero-order valence-corrected chi connectivity index (χ0v) is 13.9. The number of H-pyrrole nitrogens is 1. The van der Waals surface area contributed by atoms with Gasteiger partial charge in [0, 0.05) is 32.3 Å². The molecule has 100 valence electrons. The largest absolute Gasteiger partial charge is 0.345 e. The number of fused-ring (bicyclic) bond motifs is 1. The van der Waals surface area contributed by atoms with Crippen LogP contribution in [0.25, 0.3) is 11.0 Å². The van der Waals surface area contributed by atoms with Gasteiger partial charge in [-0.2, -0.15) is 0 Å². The number of carbonyl (C=O) groups is 1. The number of rotatable bonds is 2. The standard InChI is InChI=1S/C14H7Br2ClN2O/c15-8-3-7(4-9(16)5-8)13(20)10-6-19-14-12(10)11(17)1-2-18-14/h1-6H,(H,18,19). The Bertz CT molecular complexity index is 809. The van der Waals surface area contributed by atoms with Crippen molar-refractivity contribution in [2.45, 2.75) is 0 Å². The van der Waals surface area contributed by atoms with Crippen LogP contribution < -0.4 is 0 Å². The minimum atomic E-state index is -0.104. The molecule has 0 spiro atoms. The quantitative estimate of drug-likeness (QED) is 0.602. The number of nitrogens with zero attached hydrogens (tertiary/aromatic N) is 1. The number of ketones is 1. The van der Waals surface area contributed by atoms with Crippen molar-refractivity contribution >= 4 is 60.3 Å². The monoisotopic (exact) mass is 412 g/mol. The molecule has 0 saturated heterocycles. The SMILES string of the molecule is O=C(c1cc(Br)cc(Br)c1)c1c[nH]c2nccc(Cl)c12. The number of hydrogen-bond donors (Lipinski definition) is 1. The maximum absolute atomic E-state index is 12.6. The highest BCUT2D eigenvalue weighted by Crippen LogP contribution is 2.28. The molecular formula is C14H7Br2ClN2O. The summed E-state index contributed by atoms with van der Waals surface area (Å²) in [7, 11) is 0. The van der Waals surface area contributed by atoms with E-state index >= 15 is 0 Å². The molecule has 0 radical (unpaired) electrons. The number of aromatic nitrogens is 2. The van der Waals surface area contributed by atoms with Gasteiger partial charge in [0.15, 0.2) is 5.78 Å². The molecule has 20 heavy (non-hydrogen) atoms. The molecule has 2 heterocycles. The first-order valence-corrected chi connectivity index (χ1v) is 7.65. The fourth-order valence-corrected chi connectivity index (χ4v) is 3.58. The van der Waals surface area contributed by atoms with Crippen molar-refractivity contribution in [3.63, 3.8) is 0 Å². The molecule has 3 nitrogen and oxygen atoms in total. The van der Waals surface area contributed by atoms with Gasteiger partial charge in [0.1, 0.15) is 5.65 Å². The van der Waals surface area contributed by atoms with E-state index in [9.17, 15) is 4.79 Å². The number of aromatic amines is 1. The fraction of sp³-hybridized carbons (Fsp3) is 0. The van der Waals surface area contributed by atoms with Crippen molar-refractivity contribution in [2.75, 3.05) is 0 Å². The molecule has 1 N–H and O–H groups in total. The summed E-state index contributed by atoms with van der Waals surface area (Å²) in [6.07, 6.45) is 3.24. The molecule has 3 rings (SSSR count). The third kappa shape index (κ3) is 2.41. The van der Waals surface area contributed by atoms with Crippen molar-refractivity contribution < 1.29 is 4.79 Å². The van der Waals surface area contributed by atoms with Crippen LogP contribution in [0.4, 0.5) is 0 Å². The van der Waals surface area contributed by atoms with E-state index < -0.39 is 0 Å². The number of pyridine rings is 1. The van der Waals surface area contributed by atoms with Gasteiger partial charge >= 0.3 is 0 Å². The molecule has 3 aromatic rings. The normalized spacial score (nSPS) is 10.9. The van der Waals surface area contributed by atoms with Crippen LogP contribution in [0.2, 0.25) is 5.02 Å². The van der Waals surface area contributed by atoms with Gasteiger partial charge in [-0.3, -0.25) is 4.79 Å². The van der Waals surface area contributed by atoms with Crippen molar-refractivity contribution in [3.05, 3.63) is 61.8 Å². The van der Waals surface area contributed by atoms with Crippen LogP contribution in [0.5, 0.6) is 0 Å². The van der Waals surface area contributed by atoms with Gasteiger partial charge in [-0.25, -0.2) is 4.98 Å². The molecule has 0 saturated carbocycles. The molecule has 0 fully saturated rings. The van der Waals surface area contributed by atoms with E-state index in [-0.39, 0.29) is 5.78 Å². The lowest BCUT2D eigenvalue weighted by Crippen LogP contribution is -2.00. The van der Waals surface area contributed by atoms with Crippen LogP contribution in [0.3, 0.4) is 0 Å². The van der Waals surface area contributed by atoms with E-state index in [1.807, 2.05) is 6.07 Å². The van der Waals surface area contributed by atoms with Gasteiger partial charge in [-0.15, -0.1) is 0 Å². The number of nitrogens with one attached hydrogen (secondary N) is 1. The average Bonchev–Trinajstić information content (AvgIpc) is 2.82. The van der Waals surface area contributed by atoms with Crippen LogP contribution in [-0.2, 0) is 0 Å². The predicted molar refractivity (Wildman–Crippen MR) is 86.4 cm³/mol. The first-order chi connectivity index (χ1) is 9.56. The topological polar surface area (TPSA) is 45.8 Å². The minimum absolute atomic E-state index is 0.104. The zero-order chi connectivity index (χ0) is 14.3. The van der Waals surface area contributed by atoms with Crippen molar-refractivity contribution in [2.24, 2.45) is 0 Å². The zero-order valence-electron chi connectivity index (χ0n) is 9.95. The molecule has 0 aliphatic rings. The molecule has 0 aliphatic heterocycles. The molecule has 0 bridgehead atoms. The van der Waals surface area contributed by atoms with E-state index in [1.54, 1.807) is 30.6 Å². The van der Waals surface area contributed by atoms with Crippen LogP contribution >= 0.6 is 43.5 Å². The van der Waals surface area contributed by atoms with Crippen molar-refractivity contribution in [1.29, 1.82) is 0 Å². The van der Waals surface area contributed by atoms with Gasteiger partial charge in [0.05, 0.1) is 10.6 Å². The van der Waals surface area contributed by atoms with Gasteiger partial charge in [-0.05, 0) is 24.3 Å². The average molecular weight is 414 g/mol. The van der Waals surface area contributed by atoms with E-state index in [0.29, 0.717) is 27.2 Å². The van der Waals surface area contributed by atoms with Gasteiger partial charge in [-0.1, -0.05) is 43.5 Å². The molecule has 0 aliphatic carbocycles. The Morgan fingerprint density at radius 2 is 1.90 bits per heavy atom. The third-order valence-electron chi connectivity index (χ3n) is 2.89. The van der Waals surface area contributed by atoms with Gasteiger partial charge < -0.3 is 4.98 Å². The number of carbonyl (C=O) groups excluding carboxylic acids is 1.